The predicted molar refractivity (Wildman–Crippen MR) is 116 cm³/mol. The minimum atomic E-state index is -0.336. The summed E-state index contributed by atoms with van der Waals surface area (Å²) in [5, 5.41) is 0.764. The van der Waals surface area contributed by atoms with Crippen LogP contribution in [0.2, 0.25) is 5.02 Å². The van der Waals surface area contributed by atoms with Crippen molar-refractivity contribution in [3.8, 4) is 5.75 Å². The number of benzene rings is 2. The number of nitrogens with zero attached hydrogens (tertiary/aromatic N) is 2. The first kappa shape index (κ1) is 21.1. The Morgan fingerprint density at radius 2 is 1.87 bits per heavy atom. The molecule has 30 heavy (non-hydrogen) atoms. The van der Waals surface area contributed by atoms with Gasteiger partial charge in [-0.3, -0.25) is 9.69 Å². The molecule has 0 radical (unpaired) electrons. The predicted octanol–water partition coefficient (Wildman–Crippen LogP) is 5.00. The summed E-state index contributed by atoms with van der Waals surface area (Å²) in [5.41, 5.74) is 1.66. The van der Waals surface area contributed by atoms with Gasteiger partial charge in [0.2, 0.25) is 0 Å². The smallest absolute Gasteiger partial charge is 0.253 e. The van der Waals surface area contributed by atoms with Crippen LogP contribution in [0.25, 0.3) is 0 Å². The molecular formula is C24H28ClFN2O2. The van der Waals surface area contributed by atoms with E-state index in [1.54, 1.807) is 11.9 Å². The number of likely N-dealkylation sites (tertiary alicyclic amines) is 1. The van der Waals surface area contributed by atoms with Gasteiger partial charge in [0.1, 0.15) is 11.6 Å². The van der Waals surface area contributed by atoms with Gasteiger partial charge in [0.25, 0.3) is 5.91 Å². The number of carbonyl (C=O) groups is 1. The molecule has 4 nitrogen and oxygen atoms in total. The molecule has 0 atom stereocenters. The SMILES string of the molecule is CN(CC1CC(Oc2ccc(CN3CCCC3)c(Cl)c2)C1)C(=O)c1ccc(F)cc1. The molecule has 0 N–H and O–H groups in total. The van der Waals surface area contributed by atoms with E-state index in [0.29, 0.717) is 18.0 Å². The molecule has 1 aliphatic heterocycles. The number of halogens is 2. The van der Waals surface area contributed by atoms with E-state index in [0.717, 1.165) is 48.8 Å². The van der Waals surface area contributed by atoms with E-state index in [1.165, 1.54) is 37.1 Å². The number of hydrogen-bond acceptors (Lipinski definition) is 3. The molecule has 1 heterocycles. The van der Waals surface area contributed by atoms with Crippen molar-refractivity contribution >= 4 is 17.5 Å². The molecule has 6 heteroatoms. The van der Waals surface area contributed by atoms with Crippen molar-refractivity contribution in [1.82, 2.24) is 9.80 Å². The van der Waals surface area contributed by atoms with Crippen molar-refractivity contribution in [2.45, 2.75) is 38.3 Å². The largest absolute Gasteiger partial charge is 0.490 e. The number of carbonyl (C=O) groups excluding carboxylic acids is 1. The maximum absolute atomic E-state index is 13.0. The summed E-state index contributed by atoms with van der Waals surface area (Å²) in [4.78, 5) is 16.6. The molecule has 1 aliphatic carbocycles. The van der Waals surface area contributed by atoms with Crippen molar-refractivity contribution < 1.29 is 13.9 Å². The Morgan fingerprint density at radius 3 is 2.53 bits per heavy atom. The molecule has 0 unspecified atom stereocenters. The van der Waals surface area contributed by atoms with Gasteiger partial charge in [-0.1, -0.05) is 17.7 Å². The van der Waals surface area contributed by atoms with Crippen LogP contribution in [0.15, 0.2) is 42.5 Å². The van der Waals surface area contributed by atoms with E-state index in [9.17, 15) is 9.18 Å². The first-order chi connectivity index (χ1) is 14.5. The lowest BCUT2D eigenvalue weighted by molar-refractivity contribution is 0.0419. The molecule has 1 amide bonds. The topological polar surface area (TPSA) is 32.8 Å². The van der Waals surface area contributed by atoms with Crippen LogP contribution in [-0.2, 0) is 6.54 Å². The molecule has 1 saturated heterocycles. The van der Waals surface area contributed by atoms with Crippen LogP contribution in [0, 0.1) is 11.7 Å². The number of amides is 1. The highest BCUT2D eigenvalue weighted by Crippen LogP contribution is 2.33. The Kier molecular flexibility index (Phi) is 6.59. The number of rotatable bonds is 7. The second kappa shape index (κ2) is 9.36. The van der Waals surface area contributed by atoms with E-state index >= 15 is 0 Å². The lowest BCUT2D eigenvalue weighted by Crippen LogP contribution is -2.41. The van der Waals surface area contributed by atoms with Crippen LogP contribution in [0.4, 0.5) is 4.39 Å². The highest BCUT2D eigenvalue weighted by Gasteiger charge is 2.32. The van der Waals surface area contributed by atoms with Gasteiger partial charge < -0.3 is 9.64 Å². The summed E-state index contributed by atoms with van der Waals surface area (Å²) in [7, 11) is 1.79. The highest BCUT2D eigenvalue weighted by molar-refractivity contribution is 6.31. The first-order valence-electron chi connectivity index (χ1n) is 10.7. The fraction of sp³-hybridized carbons (Fsp3) is 0.458. The third-order valence-electron chi connectivity index (χ3n) is 6.08. The van der Waals surface area contributed by atoms with Gasteiger partial charge in [0.05, 0.1) is 6.10 Å². The van der Waals surface area contributed by atoms with Crippen LogP contribution in [0.5, 0.6) is 5.75 Å². The Morgan fingerprint density at radius 1 is 1.17 bits per heavy atom. The average Bonchev–Trinajstić information content (AvgIpc) is 3.21. The standard InChI is InChI=1S/C24H28ClFN2O2/c1-27(24(29)18-4-7-20(26)8-5-18)15-17-12-22(13-17)30-21-9-6-19(23(25)14-21)16-28-10-2-3-11-28/h4-9,14,17,22H,2-3,10-13,15-16H2,1H3. The zero-order valence-corrected chi connectivity index (χ0v) is 18.1. The lowest BCUT2D eigenvalue weighted by atomic mass is 9.82. The minimum absolute atomic E-state index is 0.0836. The van der Waals surface area contributed by atoms with Gasteiger partial charge in [-0.15, -0.1) is 0 Å². The molecule has 2 aromatic carbocycles. The van der Waals surface area contributed by atoms with Crippen molar-refractivity contribution in [2.24, 2.45) is 5.92 Å². The number of hydrogen-bond donors (Lipinski definition) is 0. The third kappa shape index (κ3) is 5.13. The van der Waals surface area contributed by atoms with Crippen LogP contribution in [0.1, 0.15) is 41.6 Å². The van der Waals surface area contributed by atoms with Crippen LogP contribution < -0.4 is 4.74 Å². The third-order valence-corrected chi connectivity index (χ3v) is 6.43. The Balaban J connectivity index is 1.23. The average molecular weight is 431 g/mol. The fourth-order valence-corrected chi connectivity index (χ4v) is 4.54. The molecular weight excluding hydrogens is 403 g/mol. The summed E-state index contributed by atoms with van der Waals surface area (Å²) >= 11 is 6.48. The van der Waals surface area contributed by atoms with Crippen molar-refractivity contribution in [3.63, 3.8) is 0 Å². The van der Waals surface area contributed by atoms with E-state index in [4.69, 9.17) is 16.3 Å². The highest BCUT2D eigenvalue weighted by atomic mass is 35.5. The molecule has 2 aliphatic rings. The molecule has 0 aromatic heterocycles. The zero-order valence-electron chi connectivity index (χ0n) is 17.3. The molecule has 1 saturated carbocycles. The van der Waals surface area contributed by atoms with Gasteiger partial charge in [-0.25, -0.2) is 4.39 Å². The zero-order chi connectivity index (χ0) is 21.1. The van der Waals surface area contributed by atoms with Crippen molar-refractivity contribution in [2.75, 3.05) is 26.7 Å². The van der Waals surface area contributed by atoms with Crippen LogP contribution >= 0.6 is 11.6 Å². The van der Waals surface area contributed by atoms with Crippen LogP contribution in [-0.4, -0.2) is 48.5 Å². The monoisotopic (exact) mass is 430 g/mol. The first-order valence-corrected chi connectivity index (χ1v) is 11.0. The van der Waals surface area contributed by atoms with Crippen molar-refractivity contribution in [3.05, 3.63) is 64.4 Å². The van der Waals surface area contributed by atoms with Crippen molar-refractivity contribution in [1.29, 1.82) is 0 Å². The Labute approximate surface area is 182 Å². The normalized spacial score (nSPS) is 21.3. The Hall–Kier alpha value is -2.11. The molecule has 2 fully saturated rings. The van der Waals surface area contributed by atoms with E-state index in [-0.39, 0.29) is 17.8 Å². The summed E-state index contributed by atoms with van der Waals surface area (Å²) in [5.74, 6) is 0.802. The second-order valence-corrected chi connectivity index (χ2v) is 8.91. The van der Waals surface area contributed by atoms with Gasteiger partial charge in [-0.2, -0.15) is 0 Å². The molecule has 4 rings (SSSR count). The van der Waals surface area contributed by atoms with Gasteiger partial charge >= 0.3 is 0 Å². The van der Waals surface area contributed by atoms with Crippen LogP contribution in [0.3, 0.4) is 0 Å². The van der Waals surface area contributed by atoms with E-state index in [1.807, 2.05) is 12.1 Å². The summed E-state index contributed by atoms with van der Waals surface area (Å²) in [6, 6.07) is 11.7. The lowest BCUT2D eigenvalue weighted by Gasteiger charge is -2.37. The van der Waals surface area contributed by atoms with Gasteiger partial charge in [0.15, 0.2) is 0 Å². The molecule has 0 bridgehead atoms. The fourth-order valence-electron chi connectivity index (χ4n) is 4.31. The minimum Gasteiger partial charge on any atom is -0.490 e. The quantitative estimate of drug-likeness (QED) is 0.619. The second-order valence-electron chi connectivity index (χ2n) is 8.51. The summed E-state index contributed by atoms with van der Waals surface area (Å²) in [6.07, 6.45) is 4.52. The molecule has 2 aromatic rings. The van der Waals surface area contributed by atoms with E-state index in [2.05, 4.69) is 11.0 Å². The Bertz CT molecular complexity index is 877. The summed E-state index contributed by atoms with van der Waals surface area (Å²) in [6.45, 7) is 3.87. The van der Waals surface area contributed by atoms with Gasteiger partial charge in [-0.05, 0) is 86.7 Å². The van der Waals surface area contributed by atoms with Gasteiger partial charge in [0, 0.05) is 30.7 Å². The molecule has 0 spiro atoms. The molecule has 160 valence electrons. The maximum Gasteiger partial charge on any atom is 0.253 e. The van der Waals surface area contributed by atoms with E-state index < -0.39 is 0 Å². The number of ether oxygens (including phenoxy) is 1. The summed E-state index contributed by atoms with van der Waals surface area (Å²) < 4.78 is 19.1. The maximum atomic E-state index is 13.0.